The second-order valence-corrected chi connectivity index (χ2v) is 6.05. The zero-order valence-corrected chi connectivity index (χ0v) is 14.1. The lowest BCUT2D eigenvalue weighted by Crippen LogP contribution is -2.04. The molecule has 0 bridgehead atoms. The van der Waals surface area contributed by atoms with Crippen LogP contribution in [0.15, 0.2) is 66.5 Å². The molecule has 0 atom stereocenters. The van der Waals surface area contributed by atoms with Gasteiger partial charge in [0.1, 0.15) is 12.4 Å². The minimum atomic E-state index is 0.459. The van der Waals surface area contributed by atoms with Crippen LogP contribution in [0.2, 0.25) is 0 Å². The van der Waals surface area contributed by atoms with E-state index < -0.39 is 0 Å². The quantitative estimate of drug-likeness (QED) is 0.633. The van der Waals surface area contributed by atoms with E-state index in [1.54, 1.807) is 0 Å². The maximum atomic E-state index is 7.31. The van der Waals surface area contributed by atoms with Crippen molar-refractivity contribution in [2.45, 2.75) is 13.2 Å². The highest BCUT2D eigenvalue weighted by Crippen LogP contribution is 2.30. The van der Waals surface area contributed by atoms with E-state index >= 15 is 0 Å². The number of nitrogens with two attached hydrogens (primary N) is 1. The van der Waals surface area contributed by atoms with Crippen molar-refractivity contribution in [1.29, 1.82) is 5.41 Å². The summed E-state index contributed by atoms with van der Waals surface area (Å²) in [4.78, 5) is 0. The first-order valence-electron chi connectivity index (χ1n) is 8.34. The van der Waals surface area contributed by atoms with Gasteiger partial charge in [-0.2, -0.15) is 5.10 Å². The number of hydrogen-bond donors (Lipinski definition) is 3. The minimum absolute atomic E-state index is 0.459. The Morgan fingerprint density at radius 3 is 2.81 bits per heavy atom. The van der Waals surface area contributed by atoms with Crippen molar-refractivity contribution in [3.8, 4) is 17.0 Å². The maximum absolute atomic E-state index is 7.31. The summed E-state index contributed by atoms with van der Waals surface area (Å²) < 4.78 is 8.00. The average Bonchev–Trinajstić information content (AvgIpc) is 3.01. The van der Waals surface area contributed by atoms with E-state index in [0.29, 0.717) is 18.8 Å². The summed E-state index contributed by atoms with van der Waals surface area (Å²) in [5.74, 6) is 0.808. The van der Waals surface area contributed by atoms with Gasteiger partial charge in [0.2, 0.25) is 0 Å². The van der Waals surface area contributed by atoms with Gasteiger partial charge >= 0.3 is 0 Å². The van der Waals surface area contributed by atoms with Crippen molar-refractivity contribution >= 4 is 11.9 Å². The molecule has 1 aliphatic heterocycles. The molecule has 0 spiro atoms. The van der Waals surface area contributed by atoms with Gasteiger partial charge in [0.05, 0.1) is 23.6 Å². The Hall–Kier alpha value is -3.54. The van der Waals surface area contributed by atoms with Crippen LogP contribution in [0.3, 0.4) is 0 Å². The number of fused-ring (bicyclic) bond motifs is 2. The summed E-state index contributed by atoms with van der Waals surface area (Å²) in [5, 5.41) is 15.1. The molecule has 6 heteroatoms. The van der Waals surface area contributed by atoms with Crippen molar-refractivity contribution in [2.24, 2.45) is 5.73 Å². The number of ether oxygens (including phenoxy) is 1. The first kappa shape index (κ1) is 16.0. The summed E-state index contributed by atoms with van der Waals surface area (Å²) in [5.41, 5.74) is 11.0. The fourth-order valence-electron chi connectivity index (χ4n) is 2.96. The van der Waals surface area contributed by atoms with Crippen LogP contribution in [-0.2, 0) is 13.2 Å². The highest BCUT2D eigenvalue weighted by Gasteiger charge is 2.17. The Morgan fingerprint density at radius 2 is 2.04 bits per heavy atom. The molecule has 1 aliphatic rings. The highest BCUT2D eigenvalue weighted by molar-refractivity contribution is 5.80. The molecule has 4 rings (SSSR count). The number of allylic oxidation sites excluding steroid dienone is 1. The second-order valence-electron chi connectivity index (χ2n) is 6.05. The fraction of sp³-hybridized carbons (Fsp3) is 0.100. The van der Waals surface area contributed by atoms with Gasteiger partial charge in [-0.15, -0.1) is 0 Å². The third-order valence-electron chi connectivity index (χ3n) is 4.32. The van der Waals surface area contributed by atoms with Crippen molar-refractivity contribution in [3.63, 3.8) is 0 Å². The third-order valence-corrected chi connectivity index (χ3v) is 4.32. The topological polar surface area (TPSA) is 89.0 Å². The van der Waals surface area contributed by atoms with Crippen LogP contribution in [0, 0.1) is 5.41 Å². The molecule has 3 aromatic rings. The van der Waals surface area contributed by atoms with Crippen LogP contribution < -0.4 is 15.8 Å². The smallest absolute Gasteiger partial charge is 0.130 e. The van der Waals surface area contributed by atoms with E-state index in [0.717, 1.165) is 34.0 Å². The molecule has 0 fully saturated rings. The third kappa shape index (κ3) is 3.04. The van der Waals surface area contributed by atoms with Crippen molar-refractivity contribution in [1.82, 2.24) is 9.78 Å². The molecule has 26 heavy (non-hydrogen) atoms. The Kier molecular flexibility index (Phi) is 4.15. The van der Waals surface area contributed by atoms with Crippen LogP contribution in [0.4, 0.5) is 5.69 Å². The van der Waals surface area contributed by atoms with Gasteiger partial charge in [-0.25, -0.2) is 0 Å². The molecule has 0 saturated heterocycles. The lowest BCUT2D eigenvalue weighted by molar-refractivity contribution is 0.302. The summed E-state index contributed by atoms with van der Waals surface area (Å²) in [7, 11) is 0. The lowest BCUT2D eigenvalue weighted by Gasteiger charge is -2.11. The number of benzene rings is 2. The van der Waals surface area contributed by atoms with E-state index in [2.05, 4.69) is 23.5 Å². The van der Waals surface area contributed by atoms with Crippen LogP contribution >= 0.6 is 0 Å². The molecule has 2 heterocycles. The van der Waals surface area contributed by atoms with E-state index in [1.807, 2.05) is 41.1 Å². The number of nitrogens with one attached hydrogen (secondary N) is 2. The Labute approximate surface area is 151 Å². The molecule has 0 saturated carbocycles. The molecule has 0 radical (unpaired) electrons. The van der Waals surface area contributed by atoms with Crippen LogP contribution in [0.5, 0.6) is 5.75 Å². The van der Waals surface area contributed by atoms with Crippen LogP contribution in [-0.4, -0.2) is 16.0 Å². The van der Waals surface area contributed by atoms with Gasteiger partial charge in [0.25, 0.3) is 0 Å². The van der Waals surface area contributed by atoms with Crippen molar-refractivity contribution in [3.05, 3.63) is 77.8 Å². The molecule has 6 nitrogen and oxygen atoms in total. The Bertz CT molecular complexity index is 975. The van der Waals surface area contributed by atoms with Gasteiger partial charge in [-0.3, -0.25) is 4.68 Å². The fourth-order valence-corrected chi connectivity index (χ4v) is 2.96. The van der Waals surface area contributed by atoms with Gasteiger partial charge < -0.3 is 21.2 Å². The van der Waals surface area contributed by atoms with Crippen molar-refractivity contribution < 1.29 is 4.74 Å². The second kappa shape index (κ2) is 6.76. The van der Waals surface area contributed by atoms with E-state index in [1.165, 1.54) is 12.4 Å². The van der Waals surface area contributed by atoms with E-state index in [4.69, 9.17) is 21.0 Å². The Morgan fingerprint density at radius 1 is 1.19 bits per heavy atom. The molecule has 130 valence electrons. The normalized spacial score (nSPS) is 13.2. The molecular formula is C20H19N5O. The highest BCUT2D eigenvalue weighted by atomic mass is 16.5. The number of hydrogen-bond acceptors (Lipinski definition) is 5. The molecular weight excluding hydrogens is 326 g/mol. The van der Waals surface area contributed by atoms with Gasteiger partial charge in [-0.1, -0.05) is 36.4 Å². The minimum Gasteiger partial charge on any atom is -0.487 e. The van der Waals surface area contributed by atoms with Gasteiger partial charge in [0, 0.05) is 35.3 Å². The number of anilines is 1. The molecule has 2 aromatic carbocycles. The number of nitrogens with zero attached hydrogens (tertiary/aromatic N) is 2. The first-order valence-corrected chi connectivity index (χ1v) is 8.34. The average molecular weight is 345 g/mol. The van der Waals surface area contributed by atoms with E-state index in [9.17, 15) is 0 Å². The molecule has 4 N–H and O–H groups in total. The lowest BCUT2D eigenvalue weighted by atomic mass is 10.1. The molecule has 0 unspecified atom stereocenters. The number of rotatable bonds is 4. The van der Waals surface area contributed by atoms with Crippen molar-refractivity contribution in [2.75, 3.05) is 5.32 Å². The number of aromatic nitrogens is 2. The summed E-state index contributed by atoms with van der Waals surface area (Å²) in [6.07, 6.45) is 2.54. The largest absolute Gasteiger partial charge is 0.487 e. The zero-order valence-electron chi connectivity index (χ0n) is 14.1. The maximum Gasteiger partial charge on any atom is 0.130 e. The van der Waals surface area contributed by atoms with Gasteiger partial charge in [-0.05, 0) is 12.1 Å². The SMILES string of the molecule is N=C/C(=C\N)Nc1ccc2c(c1)OCc1cc(-c3ccccc3)nn1C2. The zero-order chi connectivity index (χ0) is 17.9. The summed E-state index contributed by atoms with van der Waals surface area (Å²) in [6, 6.07) is 18.1. The van der Waals surface area contributed by atoms with Crippen LogP contribution in [0.1, 0.15) is 11.3 Å². The molecule has 0 amide bonds. The summed E-state index contributed by atoms with van der Waals surface area (Å²) in [6.45, 7) is 1.11. The van der Waals surface area contributed by atoms with E-state index in [-0.39, 0.29) is 0 Å². The van der Waals surface area contributed by atoms with Gasteiger partial charge in [0.15, 0.2) is 0 Å². The molecule has 0 aliphatic carbocycles. The monoisotopic (exact) mass is 345 g/mol. The van der Waals surface area contributed by atoms with Crippen LogP contribution in [0.25, 0.3) is 11.3 Å². The first-order chi connectivity index (χ1) is 12.8. The summed E-state index contributed by atoms with van der Waals surface area (Å²) >= 11 is 0. The predicted molar refractivity (Wildman–Crippen MR) is 102 cm³/mol. The predicted octanol–water partition coefficient (Wildman–Crippen LogP) is 3.35. The Balaban J connectivity index is 1.61. The standard InChI is InChI=1S/C20H19N5O/c21-10-17(11-22)23-16-7-6-15-12-25-18(13-26-20(15)8-16)9-19(24-25)14-4-2-1-3-5-14/h1-11,21,23H,12-13,22H2/b17-11+,21-10?. The molecule has 1 aromatic heterocycles.